The molecule has 6 heteroatoms. The number of non-ortho nitro benzene ring substituents is 1. The van der Waals surface area contributed by atoms with Crippen LogP contribution in [-0.2, 0) is 6.54 Å². The number of benzene rings is 2. The molecule has 0 aliphatic rings. The second kappa shape index (κ2) is 5.79. The number of aryl methyl sites for hydroxylation is 1. The highest BCUT2D eigenvalue weighted by atomic mass is 35.5. The van der Waals surface area contributed by atoms with E-state index in [2.05, 4.69) is 5.32 Å². The fraction of sp³-hybridized carbons (Fsp3) is 0.143. The van der Waals surface area contributed by atoms with Crippen LogP contribution in [0.3, 0.4) is 0 Å². The first kappa shape index (κ1) is 14.1. The number of aromatic hydroxyl groups is 1. The molecule has 0 heterocycles. The van der Waals surface area contributed by atoms with Gasteiger partial charge >= 0.3 is 0 Å². The molecule has 2 N–H and O–H groups in total. The summed E-state index contributed by atoms with van der Waals surface area (Å²) in [4.78, 5) is 10.3. The number of hydrogen-bond acceptors (Lipinski definition) is 4. The summed E-state index contributed by atoms with van der Waals surface area (Å²) in [5, 5.41) is 23.9. The molecule has 0 spiro atoms. The second-order valence-electron chi connectivity index (χ2n) is 4.39. The summed E-state index contributed by atoms with van der Waals surface area (Å²) in [5.74, 6) is 0.195. The van der Waals surface area contributed by atoms with Crippen molar-refractivity contribution in [2.45, 2.75) is 13.5 Å². The van der Waals surface area contributed by atoms with Gasteiger partial charge in [-0.25, -0.2) is 0 Å². The zero-order valence-electron chi connectivity index (χ0n) is 10.8. The molecule has 20 heavy (non-hydrogen) atoms. The standard InChI is InChI=1S/C14H13ClN2O3/c1-9-2-3-11(7-14(9)18)16-8-10-6-12(17(19)20)4-5-13(10)15/h2-7,16,18H,8H2,1H3. The fourth-order valence-electron chi connectivity index (χ4n) is 1.73. The lowest BCUT2D eigenvalue weighted by Crippen LogP contribution is -2.01. The summed E-state index contributed by atoms with van der Waals surface area (Å²) < 4.78 is 0. The van der Waals surface area contributed by atoms with Crippen molar-refractivity contribution in [2.75, 3.05) is 5.32 Å². The summed E-state index contributed by atoms with van der Waals surface area (Å²) in [5.41, 5.74) is 2.12. The Morgan fingerprint density at radius 1 is 1.30 bits per heavy atom. The Kier molecular flexibility index (Phi) is 4.10. The second-order valence-corrected chi connectivity index (χ2v) is 4.79. The maximum Gasteiger partial charge on any atom is 0.269 e. The number of nitro groups is 1. The lowest BCUT2D eigenvalue weighted by Gasteiger charge is -2.09. The smallest absolute Gasteiger partial charge is 0.269 e. The van der Waals surface area contributed by atoms with E-state index in [-0.39, 0.29) is 11.4 Å². The summed E-state index contributed by atoms with van der Waals surface area (Å²) >= 11 is 6.01. The molecule has 0 aliphatic carbocycles. The van der Waals surface area contributed by atoms with Crippen LogP contribution in [0.15, 0.2) is 36.4 Å². The summed E-state index contributed by atoms with van der Waals surface area (Å²) in [6.45, 7) is 2.14. The quantitative estimate of drug-likeness (QED) is 0.662. The van der Waals surface area contributed by atoms with Crippen molar-refractivity contribution in [3.05, 3.63) is 62.7 Å². The number of rotatable bonds is 4. The molecule has 2 aromatic rings. The Morgan fingerprint density at radius 3 is 2.70 bits per heavy atom. The molecule has 0 fully saturated rings. The lowest BCUT2D eigenvalue weighted by molar-refractivity contribution is -0.384. The number of nitro benzene ring substituents is 1. The molecule has 0 aliphatic heterocycles. The first-order chi connectivity index (χ1) is 9.47. The van der Waals surface area contributed by atoms with Crippen LogP contribution in [0.2, 0.25) is 5.02 Å². The van der Waals surface area contributed by atoms with E-state index < -0.39 is 4.92 Å². The number of nitrogens with one attached hydrogen (secondary N) is 1. The Labute approximate surface area is 121 Å². The highest BCUT2D eigenvalue weighted by Gasteiger charge is 2.09. The molecule has 2 rings (SSSR count). The highest BCUT2D eigenvalue weighted by Crippen LogP contribution is 2.25. The number of nitrogens with zero attached hydrogens (tertiary/aromatic N) is 1. The van der Waals surface area contributed by atoms with Gasteiger partial charge in [0.1, 0.15) is 5.75 Å². The number of halogens is 1. The third kappa shape index (κ3) is 3.19. The Hall–Kier alpha value is -2.27. The normalized spacial score (nSPS) is 10.3. The molecule has 104 valence electrons. The predicted octanol–water partition coefficient (Wildman–Crippen LogP) is 3.87. The van der Waals surface area contributed by atoms with Crippen molar-refractivity contribution in [3.63, 3.8) is 0 Å². The average molecular weight is 293 g/mol. The Morgan fingerprint density at radius 2 is 2.05 bits per heavy atom. The van der Waals surface area contributed by atoms with Crippen LogP contribution in [0, 0.1) is 17.0 Å². The molecule has 2 aromatic carbocycles. The van der Waals surface area contributed by atoms with Crippen LogP contribution in [0.1, 0.15) is 11.1 Å². The first-order valence-corrected chi connectivity index (χ1v) is 6.31. The van der Waals surface area contributed by atoms with Crippen molar-refractivity contribution in [1.29, 1.82) is 0 Å². The van der Waals surface area contributed by atoms with Gasteiger partial charge in [0.15, 0.2) is 0 Å². The van der Waals surface area contributed by atoms with E-state index in [0.717, 1.165) is 11.3 Å². The average Bonchev–Trinajstić information content (AvgIpc) is 2.41. The minimum atomic E-state index is -0.461. The molecule has 0 saturated heterocycles. The van der Waals surface area contributed by atoms with Gasteiger partial charge in [0, 0.05) is 35.5 Å². The minimum absolute atomic E-state index is 0.00190. The largest absolute Gasteiger partial charge is 0.508 e. The molecular weight excluding hydrogens is 280 g/mol. The van der Waals surface area contributed by atoms with Crippen molar-refractivity contribution < 1.29 is 10.0 Å². The molecule has 0 atom stereocenters. The zero-order chi connectivity index (χ0) is 14.7. The van der Waals surface area contributed by atoms with Crippen LogP contribution >= 0.6 is 11.6 Å². The van der Waals surface area contributed by atoms with Crippen LogP contribution in [0.25, 0.3) is 0 Å². The minimum Gasteiger partial charge on any atom is -0.508 e. The molecule has 0 saturated carbocycles. The Bertz CT molecular complexity index is 659. The van der Waals surface area contributed by atoms with Crippen molar-refractivity contribution in [2.24, 2.45) is 0 Å². The molecule has 0 amide bonds. The van der Waals surface area contributed by atoms with Crippen molar-refractivity contribution in [1.82, 2.24) is 0 Å². The molecule has 5 nitrogen and oxygen atoms in total. The van der Waals surface area contributed by atoms with Gasteiger partial charge < -0.3 is 10.4 Å². The van der Waals surface area contributed by atoms with E-state index in [0.29, 0.717) is 17.1 Å². The van der Waals surface area contributed by atoms with E-state index in [1.165, 1.54) is 18.2 Å². The summed E-state index contributed by atoms with van der Waals surface area (Å²) in [6, 6.07) is 9.50. The van der Waals surface area contributed by atoms with E-state index in [1.54, 1.807) is 19.1 Å². The van der Waals surface area contributed by atoms with Gasteiger partial charge in [-0.2, -0.15) is 0 Å². The van der Waals surface area contributed by atoms with Crippen LogP contribution in [0.5, 0.6) is 5.75 Å². The predicted molar refractivity (Wildman–Crippen MR) is 78.3 cm³/mol. The van der Waals surface area contributed by atoms with Gasteiger partial charge in [0.05, 0.1) is 4.92 Å². The maximum absolute atomic E-state index is 10.7. The van der Waals surface area contributed by atoms with E-state index in [9.17, 15) is 15.2 Å². The van der Waals surface area contributed by atoms with Gasteiger partial charge in [0.2, 0.25) is 0 Å². The van der Waals surface area contributed by atoms with Gasteiger partial charge in [-0.15, -0.1) is 0 Å². The monoisotopic (exact) mass is 292 g/mol. The number of hydrogen-bond donors (Lipinski definition) is 2. The van der Waals surface area contributed by atoms with E-state index in [4.69, 9.17) is 11.6 Å². The zero-order valence-corrected chi connectivity index (χ0v) is 11.5. The van der Waals surface area contributed by atoms with Gasteiger partial charge in [-0.3, -0.25) is 10.1 Å². The molecule has 0 aromatic heterocycles. The van der Waals surface area contributed by atoms with Gasteiger partial charge in [-0.05, 0) is 30.2 Å². The van der Waals surface area contributed by atoms with Crippen LogP contribution in [-0.4, -0.2) is 10.0 Å². The SMILES string of the molecule is Cc1ccc(NCc2cc([N+](=O)[O-])ccc2Cl)cc1O. The van der Waals surface area contributed by atoms with E-state index in [1.807, 2.05) is 6.07 Å². The number of phenols is 1. The molecular formula is C14H13ClN2O3. The third-order valence-corrected chi connectivity index (χ3v) is 3.30. The van der Waals surface area contributed by atoms with Crippen molar-refractivity contribution >= 4 is 23.0 Å². The molecule has 0 radical (unpaired) electrons. The van der Waals surface area contributed by atoms with E-state index >= 15 is 0 Å². The van der Waals surface area contributed by atoms with Crippen LogP contribution in [0.4, 0.5) is 11.4 Å². The van der Waals surface area contributed by atoms with Crippen LogP contribution < -0.4 is 5.32 Å². The fourth-order valence-corrected chi connectivity index (χ4v) is 1.91. The number of anilines is 1. The van der Waals surface area contributed by atoms with Gasteiger partial charge in [-0.1, -0.05) is 17.7 Å². The summed E-state index contributed by atoms with van der Waals surface area (Å²) in [7, 11) is 0. The van der Waals surface area contributed by atoms with Crippen molar-refractivity contribution in [3.8, 4) is 5.75 Å². The van der Waals surface area contributed by atoms with Gasteiger partial charge in [0.25, 0.3) is 5.69 Å². The third-order valence-electron chi connectivity index (χ3n) is 2.93. The first-order valence-electron chi connectivity index (χ1n) is 5.93. The Balaban J connectivity index is 2.15. The highest BCUT2D eigenvalue weighted by molar-refractivity contribution is 6.31. The maximum atomic E-state index is 10.7. The number of phenolic OH excluding ortho intramolecular Hbond substituents is 1. The topological polar surface area (TPSA) is 75.4 Å². The molecule has 0 bridgehead atoms. The lowest BCUT2D eigenvalue weighted by atomic mass is 10.1. The summed E-state index contributed by atoms with van der Waals surface area (Å²) in [6.07, 6.45) is 0. The molecule has 0 unspecified atom stereocenters.